The number of nitrogens with zero attached hydrogens (tertiary/aromatic N) is 2. The number of hydrogen-bond donors (Lipinski definition) is 1. The molecular weight excluding hydrogens is 349 g/mol. The highest BCUT2D eigenvalue weighted by atomic mass is 19.1. The lowest BCUT2D eigenvalue weighted by Crippen LogP contribution is -2.46. The highest BCUT2D eigenvalue weighted by molar-refractivity contribution is 5.89. The zero-order valence-corrected chi connectivity index (χ0v) is 15.5. The number of nitrogens with one attached hydrogen (secondary N) is 1. The molecule has 2 amide bonds. The average molecular weight is 375 g/mol. The van der Waals surface area contributed by atoms with E-state index in [0.29, 0.717) is 31.6 Å². The van der Waals surface area contributed by atoms with Gasteiger partial charge in [-0.05, 0) is 63.0 Å². The van der Waals surface area contributed by atoms with Crippen LogP contribution in [0.4, 0.5) is 14.9 Å². The van der Waals surface area contributed by atoms with Crippen LogP contribution in [0.1, 0.15) is 32.1 Å². The van der Waals surface area contributed by atoms with E-state index in [1.807, 2.05) is 0 Å². The molecule has 0 aromatic heterocycles. The molecule has 3 fully saturated rings. The molecular formula is C20H26FN3O3. The number of cyclic esters (lactones) is 1. The van der Waals surface area contributed by atoms with Gasteiger partial charge in [0, 0.05) is 31.7 Å². The number of urea groups is 1. The maximum absolute atomic E-state index is 13.0. The molecule has 1 atom stereocenters. The summed E-state index contributed by atoms with van der Waals surface area (Å²) in [7, 11) is 0. The van der Waals surface area contributed by atoms with Crippen molar-refractivity contribution < 1.29 is 18.7 Å². The van der Waals surface area contributed by atoms with Crippen molar-refractivity contribution in [3.05, 3.63) is 30.1 Å². The summed E-state index contributed by atoms with van der Waals surface area (Å²) in [5.41, 5.74) is 0.129. The van der Waals surface area contributed by atoms with Crippen LogP contribution >= 0.6 is 0 Å². The molecule has 27 heavy (non-hydrogen) atoms. The summed E-state index contributed by atoms with van der Waals surface area (Å²) in [5, 5.41) is 2.78. The Kier molecular flexibility index (Phi) is 5.04. The molecule has 1 unspecified atom stereocenters. The van der Waals surface area contributed by atoms with Gasteiger partial charge in [-0.1, -0.05) is 0 Å². The van der Waals surface area contributed by atoms with Gasteiger partial charge in [0.1, 0.15) is 11.9 Å². The second-order valence-corrected chi connectivity index (χ2v) is 7.94. The summed E-state index contributed by atoms with van der Waals surface area (Å²) in [6, 6.07) is 5.49. The summed E-state index contributed by atoms with van der Waals surface area (Å²) >= 11 is 0. The molecule has 0 radical (unpaired) electrons. The number of likely N-dealkylation sites (tertiary alicyclic amines) is 2. The van der Waals surface area contributed by atoms with Crippen LogP contribution in [0.15, 0.2) is 24.3 Å². The van der Waals surface area contributed by atoms with Crippen LogP contribution in [-0.4, -0.2) is 60.6 Å². The van der Waals surface area contributed by atoms with E-state index in [2.05, 4.69) is 10.2 Å². The molecule has 4 rings (SSSR count). The van der Waals surface area contributed by atoms with Crippen molar-refractivity contribution in [2.45, 2.75) is 38.2 Å². The van der Waals surface area contributed by atoms with Crippen LogP contribution in [0.25, 0.3) is 0 Å². The zero-order valence-electron chi connectivity index (χ0n) is 15.5. The fraction of sp³-hybridized carbons (Fsp3) is 0.600. The van der Waals surface area contributed by atoms with Gasteiger partial charge < -0.3 is 15.0 Å². The van der Waals surface area contributed by atoms with E-state index in [9.17, 15) is 14.0 Å². The molecule has 1 aromatic carbocycles. The number of halogens is 1. The third-order valence-corrected chi connectivity index (χ3v) is 6.09. The molecule has 3 aliphatic rings. The van der Waals surface area contributed by atoms with Gasteiger partial charge >= 0.3 is 12.0 Å². The van der Waals surface area contributed by atoms with Gasteiger partial charge in [-0.15, -0.1) is 0 Å². The fourth-order valence-corrected chi connectivity index (χ4v) is 4.47. The van der Waals surface area contributed by atoms with Crippen LogP contribution in [0.3, 0.4) is 0 Å². The van der Waals surface area contributed by atoms with Crippen LogP contribution in [0, 0.1) is 11.2 Å². The second kappa shape index (κ2) is 7.46. The molecule has 3 aliphatic heterocycles. The summed E-state index contributed by atoms with van der Waals surface area (Å²) in [6.07, 6.45) is 4.47. The first kappa shape index (κ1) is 18.2. The quantitative estimate of drug-likeness (QED) is 0.826. The molecule has 3 heterocycles. The van der Waals surface area contributed by atoms with Gasteiger partial charge in [0.15, 0.2) is 0 Å². The largest absolute Gasteiger partial charge is 0.461 e. The molecule has 1 aromatic rings. The van der Waals surface area contributed by atoms with E-state index in [4.69, 9.17) is 4.74 Å². The lowest BCUT2D eigenvalue weighted by atomic mass is 9.76. The van der Waals surface area contributed by atoms with Crippen molar-refractivity contribution in [3.8, 4) is 0 Å². The fourth-order valence-electron chi connectivity index (χ4n) is 4.47. The Labute approximate surface area is 158 Å². The summed E-state index contributed by atoms with van der Waals surface area (Å²) in [5.74, 6) is -0.429. The van der Waals surface area contributed by atoms with Gasteiger partial charge in [0.05, 0.1) is 5.41 Å². The minimum absolute atomic E-state index is 0.0183. The van der Waals surface area contributed by atoms with Gasteiger partial charge in [-0.2, -0.15) is 0 Å². The Balaban J connectivity index is 1.30. The van der Waals surface area contributed by atoms with Crippen molar-refractivity contribution >= 4 is 17.7 Å². The predicted octanol–water partition coefficient (Wildman–Crippen LogP) is 2.85. The van der Waals surface area contributed by atoms with E-state index in [1.54, 1.807) is 4.90 Å². The van der Waals surface area contributed by atoms with Crippen LogP contribution in [0.2, 0.25) is 0 Å². The number of carbonyl (C=O) groups is 2. The number of rotatable bonds is 3. The topological polar surface area (TPSA) is 61.9 Å². The van der Waals surface area contributed by atoms with Crippen molar-refractivity contribution in [3.63, 3.8) is 0 Å². The van der Waals surface area contributed by atoms with Crippen LogP contribution in [-0.2, 0) is 9.53 Å². The van der Waals surface area contributed by atoms with E-state index in [-0.39, 0.29) is 23.9 Å². The van der Waals surface area contributed by atoms with Crippen molar-refractivity contribution in [1.29, 1.82) is 0 Å². The van der Waals surface area contributed by atoms with E-state index in [1.165, 1.54) is 37.1 Å². The molecule has 1 spiro atoms. The number of anilines is 1. The Hall–Kier alpha value is -2.15. The van der Waals surface area contributed by atoms with Crippen molar-refractivity contribution in [2.75, 3.05) is 38.0 Å². The highest BCUT2D eigenvalue weighted by Gasteiger charge is 2.51. The smallest absolute Gasteiger partial charge is 0.321 e. The highest BCUT2D eigenvalue weighted by Crippen LogP contribution is 2.43. The first-order valence-electron chi connectivity index (χ1n) is 9.79. The van der Waals surface area contributed by atoms with Gasteiger partial charge in [0.2, 0.25) is 0 Å². The van der Waals surface area contributed by atoms with Gasteiger partial charge in [-0.25, -0.2) is 9.18 Å². The average Bonchev–Trinajstić information content (AvgIpc) is 3.26. The maximum Gasteiger partial charge on any atom is 0.321 e. The molecule has 0 aliphatic carbocycles. The zero-order chi connectivity index (χ0) is 18.9. The molecule has 3 saturated heterocycles. The Bertz CT molecular complexity index is 695. The SMILES string of the molecule is O=C(Nc1ccc(F)cc1)N1CCC2(CC1)CC(CN1CCCC1)OC2=O. The third-order valence-electron chi connectivity index (χ3n) is 6.09. The minimum atomic E-state index is -0.433. The van der Waals surface area contributed by atoms with Crippen molar-refractivity contribution in [1.82, 2.24) is 9.80 Å². The molecule has 0 saturated carbocycles. The number of hydrogen-bond acceptors (Lipinski definition) is 4. The Morgan fingerprint density at radius 2 is 1.81 bits per heavy atom. The molecule has 0 bridgehead atoms. The molecule has 146 valence electrons. The van der Waals surface area contributed by atoms with E-state index < -0.39 is 5.41 Å². The number of carbonyl (C=O) groups excluding carboxylic acids is 2. The van der Waals surface area contributed by atoms with Crippen molar-refractivity contribution in [2.24, 2.45) is 5.41 Å². The lowest BCUT2D eigenvalue weighted by Gasteiger charge is -2.36. The predicted molar refractivity (Wildman–Crippen MR) is 98.8 cm³/mol. The number of ether oxygens (including phenoxy) is 1. The number of benzene rings is 1. The lowest BCUT2D eigenvalue weighted by molar-refractivity contribution is -0.150. The standard InChI is InChI=1S/C20H26FN3O3/c21-15-3-5-16(6-4-15)22-19(26)24-11-7-20(8-12-24)13-17(27-18(20)25)14-23-9-1-2-10-23/h3-6,17H,1-2,7-14H2,(H,22,26). The Morgan fingerprint density at radius 1 is 1.15 bits per heavy atom. The second-order valence-electron chi connectivity index (χ2n) is 7.94. The number of amides is 2. The van der Waals surface area contributed by atoms with Gasteiger partial charge in [-0.3, -0.25) is 9.69 Å². The first-order valence-corrected chi connectivity index (χ1v) is 9.79. The summed E-state index contributed by atoms with van der Waals surface area (Å²) in [6.45, 7) is 4.08. The third kappa shape index (κ3) is 3.93. The summed E-state index contributed by atoms with van der Waals surface area (Å²) in [4.78, 5) is 29.1. The normalized spacial score (nSPS) is 25.0. The first-order chi connectivity index (χ1) is 13.0. The Morgan fingerprint density at radius 3 is 2.48 bits per heavy atom. The van der Waals surface area contributed by atoms with Gasteiger partial charge in [0.25, 0.3) is 0 Å². The monoisotopic (exact) mass is 375 g/mol. The van der Waals surface area contributed by atoms with Crippen LogP contribution < -0.4 is 5.32 Å². The van der Waals surface area contributed by atoms with E-state index >= 15 is 0 Å². The minimum Gasteiger partial charge on any atom is -0.461 e. The maximum atomic E-state index is 13.0. The number of piperidine rings is 1. The number of esters is 1. The molecule has 6 nitrogen and oxygen atoms in total. The molecule has 7 heteroatoms. The van der Waals surface area contributed by atoms with E-state index in [0.717, 1.165) is 26.1 Å². The molecule has 1 N–H and O–H groups in total. The van der Waals surface area contributed by atoms with Crippen LogP contribution in [0.5, 0.6) is 0 Å². The summed E-state index contributed by atoms with van der Waals surface area (Å²) < 4.78 is 18.7.